The van der Waals surface area contributed by atoms with Gasteiger partial charge >= 0.3 is 5.95 Å². The lowest BCUT2D eigenvalue weighted by Crippen LogP contribution is -2.29. The number of halogens is 1. The van der Waals surface area contributed by atoms with Gasteiger partial charge < -0.3 is 9.52 Å². The van der Waals surface area contributed by atoms with Gasteiger partial charge in [-0.25, -0.2) is 9.98 Å². The Morgan fingerprint density at radius 2 is 1.84 bits per heavy atom. The van der Waals surface area contributed by atoms with Crippen LogP contribution in [-0.4, -0.2) is 16.0 Å². The van der Waals surface area contributed by atoms with Gasteiger partial charge in [-0.05, 0) is 42.5 Å². The topological polar surface area (TPSA) is 75.7 Å². The molecule has 1 aliphatic rings. The maximum atomic E-state index is 12.2. The first-order valence-corrected chi connectivity index (χ1v) is 7.85. The molecule has 6 heteroatoms. The molecule has 0 atom stereocenters. The second kappa shape index (κ2) is 6.03. The molecule has 0 saturated carbocycles. The van der Waals surface area contributed by atoms with Gasteiger partial charge in [-0.15, -0.1) is 0 Å². The third kappa shape index (κ3) is 2.97. The minimum atomic E-state index is -0.394. The van der Waals surface area contributed by atoms with Crippen LogP contribution in [-0.2, 0) is 4.79 Å². The first-order chi connectivity index (χ1) is 12.1. The summed E-state index contributed by atoms with van der Waals surface area (Å²) in [7, 11) is 0. The van der Waals surface area contributed by atoms with Gasteiger partial charge in [0.25, 0.3) is 5.91 Å². The van der Waals surface area contributed by atoms with Gasteiger partial charge in [-0.3, -0.25) is 4.79 Å². The lowest BCUT2D eigenvalue weighted by molar-refractivity contribution is -0.114. The number of hydrogen-bond donors (Lipinski definition) is 1. The zero-order chi connectivity index (χ0) is 17.4. The van der Waals surface area contributed by atoms with E-state index in [0.717, 1.165) is 5.22 Å². The Kier molecular flexibility index (Phi) is 3.71. The zero-order valence-corrected chi connectivity index (χ0v) is 13.6. The van der Waals surface area contributed by atoms with Gasteiger partial charge in [0.2, 0.25) is 5.89 Å². The van der Waals surface area contributed by atoms with Crippen LogP contribution in [0, 0.1) is 0 Å². The number of hydrogen-bond acceptors (Lipinski definition) is 4. The van der Waals surface area contributed by atoms with Crippen LogP contribution >= 0.6 is 11.6 Å². The summed E-state index contributed by atoms with van der Waals surface area (Å²) in [6.07, 6.45) is 3.17. The predicted octanol–water partition coefficient (Wildman–Crippen LogP) is 2.72. The first-order valence-electron chi connectivity index (χ1n) is 7.47. The standard InChI is InChI=1S/C19H11ClN2O3/c20-14-7-5-11(6-8-14)18-22-16(19(24)25-18)10-13-9-12-3-1-2-4-15(12)21-17(13)23/h1-10,24H/b13-10-. The summed E-state index contributed by atoms with van der Waals surface area (Å²) >= 11 is 5.86. The Morgan fingerprint density at radius 1 is 1.08 bits per heavy atom. The van der Waals surface area contributed by atoms with E-state index < -0.39 is 5.91 Å². The minimum Gasteiger partial charge on any atom is -0.479 e. The highest BCUT2D eigenvalue weighted by atomic mass is 35.5. The maximum Gasteiger partial charge on any atom is 0.310 e. The van der Waals surface area contributed by atoms with E-state index in [9.17, 15) is 9.90 Å². The molecule has 0 radical (unpaired) electrons. The number of aromatic hydroxyl groups is 1. The molecule has 0 aliphatic carbocycles. The number of carbonyl (C=O) groups excluding carboxylic acids is 1. The number of carbonyl (C=O) groups is 1. The molecule has 4 rings (SSSR count). The second-order valence-corrected chi connectivity index (χ2v) is 5.87. The first kappa shape index (κ1) is 15.4. The highest BCUT2D eigenvalue weighted by Gasteiger charge is 2.16. The van der Waals surface area contributed by atoms with E-state index >= 15 is 0 Å². The van der Waals surface area contributed by atoms with Gasteiger partial charge in [0, 0.05) is 21.4 Å². The van der Waals surface area contributed by atoms with Crippen molar-refractivity contribution in [2.24, 2.45) is 4.99 Å². The fourth-order valence-corrected chi connectivity index (χ4v) is 2.63. The molecule has 2 aromatic carbocycles. The fraction of sp³-hybridized carbons (Fsp3) is 0. The molecule has 0 saturated heterocycles. The molecule has 1 amide bonds. The van der Waals surface area contributed by atoms with Gasteiger partial charge in [0.1, 0.15) is 5.69 Å². The lowest BCUT2D eigenvalue weighted by atomic mass is 10.1. The molecule has 122 valence electrons. The summed E-state index contributed by atoms with van der Waals surface area (Å²) in [5, 5.41) is 12.0. The van der Waals surface area contributed by atoms with E-state index in [1.54, 1.807) is 36.4 Å². The number of para-hydroxylation sites is 1. The molecular formula is C19H11ClN2O3. The van der Waals surface area contributed by atoms with Crippen LogP contribution in [0.4, 0.5) is 0 Å². The molecule has 1 aliphatic heterocycles. The number of benzene rings is 2. The average molecular weight is 351 g/mol. The Morgan fingerprint density at radius 3 is 2.64 bits per heavy atom. The third-order valence-electron chi connectivity index (χ3n) is 3.73. The smallest absolute Gasteiger partial charge is 0.310 e. The highest BCUT2D eigenvalue weighted by Crippen LogP contribution is 2.29. The quantitative estimate of drug-likeness (QED) is 0.721. The van der Waals surface area contributed by atoms with E-state index in [4.69, 9.17) is 16.0 Å². The minimum absolute atomic E-state index is 0.166. The Balaban J connectivity index is 1.76. The van der Waals surface area contributed by atoms with Crippen LogP contribution in [0.2, 0.25) is 5.02 Å². The van der Waals surface area contributed by atoms with E-state index in [1.165, 1.54) is 6.08 Å². The summed E-state index contributed by atoms with van der Waals surface area (Å²) < 4.78 is 5.29. The number of amides is 1. The number of rotatable bonds is 2. The molecule has 25 heavy (non-hydrogen) atoms. The van der Waals surface area contributed by atoms with E-state index in [1.807, 2.05) is 18.2 Å². The molecule has 0 spiro atoms. The molecule has 3 aromatic rings. The molecule has 0 bridgehead atoms. The van der Waals surface area contributed by atoms with E-state index in [2.05, 4.69) is 9.98 Å². The van der Waals surface area contributed by atoms with Crippen LogP contribution in [0.3, 0.4) is 0 Å². The van der Waals surface area contributed by atoms with Crippen LogP contribution in [0.25, 0.3) is 23.6 Å². The van der Waals surface area contributed by atoms with Gasteiger partial charge in [-0.1, -0.05) is 29.8 Å². The average Bonchev–Trinajstić information content (AvgIpc) is 2.97. The largest absolute Gasteiger partial charge is 0.479 e. The van der Waals surface area contributed by atoms with Crippen molar-refractivity contribution < 1.29 is 14.3 Å². The summed E-state index contributed by atoms with van der Waals surface area (Å²) in [5.74, 6) is -0.520. The van der Waals surface area contributed by atoms with Crippen LogP contribution in [0.1, 0.15) is 5.69 Å². The summed E-state index contributed by atoms with van der Waals surface area (Å²) in [5.41, 5.74) is 1.16. The molecular weight excluding hydrogens is 340 g/mol. The summed E-state index contributed by atoms with van der Waals surface area (Å²) in [6, 6.07) is 14.2. The predicted molar refractivity (Wildman–Crippen MR) is 93.3 cm³/mol. The van der Waals surface area contributed by atoms with Crippen molar-refractivity contribution in [2.75, 3.05) is 0 Å². The van der Waals surface area contributed by atoms with E-state index in [-0.39, 0.29) is 17.5 Å². The van der Waals surface area contributed by atoms with Crippen molar-refractivity contribution in [3.63, 3.8) is 0 Å². The Labute approximate surface area is 147 Å². The Hall–Kier alpha value is -3.18. The normalized spacial score (nSPS) is 14.8. The van der Waals surface area contributed by atoms with Gasteiger partial charge in [0.15, 0.2) is 0 Å². The molecule has 5 nitrogen and oxygen atoms in total. The molecule has 0 fully saturated rings. The van der Waals surface area contributed by atoms with Crippen LogP contribution in [0.5, 0.6) is 5.95 Å². The molecule has 0 unspecified atom stereocenters. The maximum absolute atomic E-state index is 12.2. The van der Waals surface area contributed by atoms with Crippen molar-refractivity contribution >= 4 is 29.7 Å². The van der Waals surface area contributed by atoms with Crippen LogP contribution < -0.4 is 10.6 Å². The number of oxazole rings is 1. The van der Waals surface area contributed by atoms with Gasteiger partial charge in [-0.2, -0.15) is 0 Å². The second-order valence-electron chi connectivity index (χ2n) is 5.44. The summed E-state index contributed by atoms with van der Waals surface area (Å²) in [6.45, 7) is 0. The summed E-state index contributed by atoms with van der Waals surface area (Å²) in [4.78, 5) is 20.4. The van der Waals surface area contributed by atoms with Crippen molar-refractivity contribution in [2.45, 2.75) is 0 Å². The molecule has 2 heterocycles. The number of fused-ring (bicyclic) bond motifs is 1. The molecule has 1 aromatic heterocycles. The van der Waals surface area contributed by atoms with Crippen molar-refractivity contribution in [3.8, 4) is 17.4 Å². The monoisotopic (exact) mass is 350 g/mol. The molecule has 1 N–H and O–H groups in total. The van der Waals surface area contributed by atoms with Crippen molar-refractivity contribution in [3.05, 3.63) is 75.4 Å². The number of aromatic nitrogens is 1. The van der Waals surface area contributed by atoms with E-state index in [0.29, 0.717) is 21.5 Å². The highest BCUT2D eigenvalue weighted by molar-refractivity contribution is 6.30. The number of nitrogens with zero attached hydrogens (tertiary/aromatic N) is 2. The van der Waals surface area contributed by atoms with Crippen molar-refractivity contribution in [1.29, 1.82) is 0 Å². The SMILES string of the molecule is O=C1N=c2ccccc2=C/C1=C/c1nc(-c2ccc(Cl)cc2)oc1O. The third-order valence-corrected chi connectivity index (χ3v) is 3.99. The Bertz CT molecular complexity index is 1130. The zero-order valence-electron chi connectivity index (χ0n) is 12.8. The van der Waals surface area contributed by atoms with Crippen LogP contribution in [0.15, 0.2) is 63.5 Å². The fourth-order valence-electron chi connectivity index (χ4n) is 2.50. The van der Waals surface area contributed by atoms with Gasteiger partial charge in [0.05, 0.1) is 5.36 Å². The lowest BCUT2D eigenvalue weighted by Gasteiger charge is -2.01. The van der Waals surface area contributed by atoms with Crippen molar-refractivity contribution in [1.82, 2.24) is 4.98 Å².